The van der Waals surface area contributed by atoms with Crippen LogP contribution in [0.1, 0.15) is 16.7 Å². The summed E-state index contributed by atoms with van der Waals surface area (Å²) in [5, 5.41) is 0.357. The van der Waals surface area contributed by atoms with E-state index in [-0.39, 0.29) is 11.6 Å². The third-order valence-corrected chi connectivity index (χ3v) is 4.15. The van der Waals surface area contributed by atoms with Gasteiger partial charge in [-0.1, -0.05) is 18.2 Å². The van der Waals surface area contributed by atoms with Crippen LogP contribution < -0.4 is 5.56 Å². The minimum absolute atomic E-state index is 0.0372. The molecule has 2 nitrogen and oxygen atoms in total. The first-order valence-electron chi connectivity index (χ1n) is 7.37. The second-order valence-electron chi connectivity index (χ2n) is 5.91. The fraction of sp³-hybridized carbons (Fsp3) is 0.235. The lowest BCUT2D eigenvalue weighted by atomic mass is 9.99. The van der Waals surface area contributed by atoms with E-state index < -0.39 is 40.5 Å². The highest BCUT2D eigenvalue weighted by Crippen LogP contribution is 2.47. The van der Waals surface area contributed by atoms with Gasteiger partial charge in [0.15, 0.2) is 0 Å². The number of rotatable bonds is 1. The number of fused-ring (bicyclic) bond motifs is 3. The van der Waals surface area contributed by atoms with Gasteiger partial charge in [0.1, 0.15) is 5.56 Å². The maximum atomic E-state index is 13.8. The molecule has 27 heavy (non-hydrogen) atoms. The predicted octanol–water partition coefficient (Wildman–Crippen LogP) is 5.43. The summed E-state index contributed by atoms with van der Waals surface area (Å²) >= 11 is 0. The minimum Gasteiger partial charge on any atom is -0.276 e. The van der Waals surface area contributed by atoms with Crippen molar-refractivity contribution in [1.29, 1.82) is 0 Å². The van der Waals surface area contributed by atoms with Crippen LogP contribution in [0, 0.1) is 6.92 Å². The summed E-state index contributed by atoms with van der Waals surface area (Å²) < 4.78 is 106. The monoisotopic (exact) mass is 395 g/mol. The number of halogens is 8. The van der Waals surface area contributed by atoms with Gasteiger partial charge in [0.2, 0.25) is 0 Å². The van der Waals surface area contributed by atoms with Crippen molar-refractivity contribution in [2.75, 3.05) is 0 Å². The second kappa shape index (κ2) is 5.67. The number of alkyl halides is 8. The molecular formula is C17H9F8NO. The van der Waals surface area contributed by atoms with Crippen molar-refractivity contribution in [3.63, 3.8) is 0 Å². The van der Waals surface area contributed by atoms with Crippen molar-refractivity contribution in [1.82, 2.24) is 4.40 Å². The maximum absolute atomic E-state index is 13.8. The second-order valence-corrected chi connectivity index (χ2v) is 5.91. The normalized spacial score (nSPS) is 13.5. The van der Waals surface area contributed by atoms with Crippen molar-refractivity contribution < 1.29 is 35.1 Å². The van der Waals surface area contributed by atoms with E-state index in [9.17, 15) is 39.9 Å². The molecule has 1 aromatic carbocycles. The van der Waals surface area contributed by atoms with Crippen molar-refractivity contribution in [2.45, 2.75) is 25.2 Å². The molecule has 0 bridgehead atoms. The minimum atomic E-state index is -6.30. The van der Waals surface area contributed by atoms with Gasteiger partial charge in [-0.05, 0) is 30.7 Å². The van der Waals surface area contributed by atoms with Gasteiger partial charge in [0.25, 0.3) is 5.56 Å². The van der Waals surface area contributed by atoms with E-state index >= 15 is 0 Å². The Kier molecular flexibility index (Phi) is 4.02. The van der Waals surface area contributed by atoms with Crippen molar-refractivity contribution in [3.8, 4) is 0 Å². The summed E-state index contributed by atoms with van der Waals surface area (Å²) in [6.07, 6.45) is -12.0. The summed E-state index contributed by atoms with van der Waals surface area (Å²) in [6.45, 7) is 1.49. The van der Waals surface area contributed by atoms with Crippen LogP contribution in [-0.4, -0.2) is 10.6 Å². The number of aryl methyl sites for hydroxylation is 1. The lowest BCUT2D eigenvalue weighted by Gasteiger charge is -2.24. The lowest BCUT2D eigenvalue weighted by Crippen LogP contribution is -2.39. The van der Waals surface area contributed by atoms with Crippen LogP contribution >= 0.6 is 0 Å². The average Bonchev–Trinajstić information content (AvgIpc) is 2.52. The maximum Gasteiger partial charge on any atom is 0.458 e. The van der Waals surface area contributed by atoms with E-state index in [0.29, 0.717) is 15.4 Å². The smallest absolute Gasteiger partial charge is 0.276 e. The topological polar surface area (TPSA) is 21.5 Å². The molecule has 3 rings (SSSR count). The SMILES string of the molecule is Cc1cc2cc(C(F)(F)C(F)(F)F)c(C(F)(F)F)c(=O)n2c2ccccc12. The van der Waals surface area contributed by atoms with Crippen LogP contribution in [0.4, 0.5) is 35.1 Å². The van der Waals surface area contributed by atoms with E-state index in [1.54, 1.807) is 6.07 Å². The largest absolute Gasteiger partial charge is 0.458 e. The van der Waals surface area contributed by atoms with Crippen LogP contribution in [0.5, 0.6) is 0 Å². The zero-order chi connectivity index (χ0) is 20.4. The van der Waals surface area contributed by atoms with Crippen LogP contribution in [0.3, 0.4) is 0 Å². The van der Waals surface area contributed by atoms with Crippen LogP contribution in [-0.2, 0) is 12.1 Å². The predicted molar refractivity (Wildman–Crippen MR) is 80.9 cm³/mol. The molecule has 0 N–H and O–H groups in total. The average molecular weight is 395 g/mol. The summed E-state index contributed by atoms with van der Waals surface area (Å²) in [5.41, 5.74) is -7.09. The lowest BCUT2D eigenvalue weighted by molar-refractivity contribution is -0.291. The van der Waals surface area contributed by atoms with Crippen LogP contribution in [0.2, 0.25) is 0 Å². The Labute approximate surface area is 145 Å². The first-order valence-corrected chi connectivity index (χ1v) is 7.37. The molecule has 0 unspecified atom stereocenters. The van der Waals surface area contributed by atoms with Crippen molar-refractivity contribution >= 4 is 16.4 Å². The highest BCUT2D eigenvalue weighted by molar-refractivity contribution is 5.86. The molecule has 2 aromatic heterocycles. The van der Waals surface area contributed by atoms with Gasteiger partial charge in [-0.15, -0.1) is 0 Å². The molecule has 144 valence electrons. The molecule has 0 aliphatic rings. The Morgan fingerprint density at radius 2 is 1.48 bits per heavy atom. The summed E-state index contributed by atoms with van der Waals surface area (Å²) in [6, 6.07) is 6.86. The van der Waals surface area contributed by atoms with Crippen LogP contribution in [0.15, 0.2) is 41.2 Å². The standard InChI is InChI=1S/C17H9F8NO/c1-8-6-9-7-11(15(18,19)17(23,24)25)13(16(20,21)22)14(27)26(9)12-5-3-2-4-10(8)12/h2-7H,1H3. The van der Waals surface area contributed by atoms with Gasteiger partial charge in [-0.3, -0.25) is 9.20 Å². The number of aromatic nitrogens is 1. The molecule has 3 aromatic rings. The number of nitrogens with zero attached hydrogens (tertiary/aromatic N) is 1. The molecular weight excluding hydrogens is 386 g/mol. The van der Waals surface area contributed by atoms with E-state index in [1.165, 1.54) is 25.1 Å². The number of para-hydroxylation sites is 1. The molecule has 10 heteroatoms. The van der Waals surface area contributed by atoms with Gasteiger partial charge < -0.3 is 0 Å². The molecule has 0 radical (unpaired) electrons. The summed E-state index contributed by atoms with van der Waals surface area (Å²) in [4.78, 5) is 12.4. The third-order valence-electron chi connectivity index (χ3n) is 4.15. The van der Waals surface area contributed by atoms with Gasteiger partial charge >= 0.3 is 18.3 Å². The molecule has 0 spiro atoms. The fourth-order valence-corrected chi connectivity index (χ4v) is 2.96. The Morgan fingerprint density at radius 3 is 2.04 bits per heavy atom. The van der Waals surface area contributed by atoms with Gasteiger partial charge in [-0.2, -0.15) is 35.1 Å². The number of hydrogen-bond donors (Lipinski definition) is 0. The van der Waals surface area contributed by atoms with Crippen molar-refractivity contribution in [3.05, 3.63) is 63.4 Å². The zero-order valence-electron chi connectivity index (χ0n) is 13.3. The molecule has 2 heterocycles. The number of benzene rings is 1. The molecule has 0 fully saturated rings. The van der Waals surface area contributed by atoms with E-state index in [1.807, 2.05) is 0 Å². The van der Waals surface area contributed by atoms with E-state index in [0.717, 1.165) is 6.07 Å². The Balaban J connectivity index is 2.60. The first kappa shape index (κ1) is 19.1. The Hall–Kier alpha value is -2.65. The fourth-order valence-electron chi connectivity index (χ4n) is 2.96. The molecule has 0 saturated heterocycles. The summed E-state index contributed by atoms with van der Waals surface area (Å²) in [7, 11) is 0. The Bertz CT molecular complexity index is 1110. The Morgan fingerprint density at radius 1 is 0.889 bits per heavy atom. The van der Waals surface area contributed by atoms with E-state index in [2.05, 4.69) is 0 Å². The number of pyridine rings is 2. The van der Waals surface area contributed by atoms with Gasteiger partial charge in [0, 0.05) is 5.39 Å². The summed E-state index contributed by atoms with van der Waals surface area (Å²) in [5.74, 6) is -5.86. The van der Waals surface area contributed by atoms with Gasteiger partial charge in [0.05, 0.1) is 16.6 Å². The third kappa shape index (κ3) is 2.83. The molecule has 0 aliphatic heterocycles. The van der Waals surface area contributed by atoms with Crippen molar-refractivity contribution in [2.24, 2.45) is 0 Å². The zero-order valence-corrected chi connectivity index (χ0v) is 13.3. The molecule has 0 aliphatic carbocycles. The van der Waals surface area contributed by atoms with Gasteiger partial charge in [-0.25, -0.2) is 0 Å². The molecule has 0 saturated carbocycles. The highest BCUT2D eigenvalue weighted by Gasteiger charge is 2.62. The first-order chi connectivity index (χ1) is 12.3. The van der Waals surface area contributed by atoms with Crippen LogP contribution in [0.25, 0.3) is 16.4 Å². The molecule has 0 atom stereocenters. The highest BCUT2D eigenvalue weighted by atomic mass is 19.4. The quantitative estimate of drug-likeness (QED) is 0.398. The number of hydrogen-bond acceptors (Lipinski definition) is 1. The van der Waals surface area contributed by atoms with E-state index in [4.69, 9.17) is 0 Å². The molecule has 0 amide bonds.